The van der Waals surface area contributed by atoms with Crippen LogP contribution in [0.3, 0.4) is 0 Å². The highest BCUT2D eigenvalue weighted by molar-refractivity contribution is 6.30. The van der Waals surface area contributed by atoms with E-state index in [9.17, 15) is 4.79 Å². The summed E-state index contributed by atoms with van der Waals surface area (Å²) in [6.45, 7) is 4.09. The van der Waals surface area contributed by atoms with Crippen molar-refractivity contribution in [2.45, 2.75) is 20.4 Å². The number of hydrogen-bond donors (Lipinski definition) is 0. The third kappa shape index (κ3) is 2.85. The van der Waals surface area contributed by atoms with E-state index in [4.69, 9.17) is 21.1 Å². The van der Waals surface area contributed by atoms with Gasteiger partial charge in [0.15, 0.2) is 5.15 Å². The van der Waals surface area contributed by atoms with Gasteiger partial charge in [-0.3, -0.25) is 14.3 Å². The summed E-state index contributed by atoms with van der Waals surface area (Å²) in [5, 5.41) is 0.0462. The van der Waals surface area contributed by atoms with E-state index < -0.39 is 0 Å². The van der Waals surface area contributed by atoms with Crippen LogP contribution in [0.15, 0.2) is 17.3 Å². The molecule has 0 aliphatic rings. The summed E-state index contributed by atoms with van der Waals surface area (Å²) in [6.07, 6.45) is 3.09. The van der Waals surface area contributed by atoms with E-state index in [0.29, 0.717) is 0 Å². The number of pyridine rings is 1. The Kier molecular flexibility index (Phi) is 4.47. The number of halogens is 1. The van der Waals surface area contributed by atoms with Crippen LogP contribution in [0.2, 0.25) is 5.15 Å². The van der Waals surface area contributed by atoms with Crippen molar-refractivity contribution in [2.24, 2.45) is 0 Å². The second kappa shape index (κ2) is 6.13. The molecule has 2 aromatic rings. The van der Waals surface area contributed by atoms with Gasteiger partial charge in [-0.25, -0.2) is 4.98 Å². The van der Waals surface area contributed by atoms with Gasteiger partial charge in [0, 0.05) is 17.3 Å². The lowest BCUT2D eigenvalue weighted by atomic mass is 10.1. The lowest BCUT2D eigenvalue weighted by molar-refractivity contribution is 0.399. The number of nitrogens with zero attached hydrogens (tertiary/aromatic N) is 3. The van der Waals surface area contributed by atoms with Gasteiger partial charge in [0.2, 0.25) is 5.75 Å². The number of rotatable bonds is 4. The molecule has 112 valence electrons. The molecule has 0 unspecified atom stereocenters. The van der Waals surface area contributed by atoms with Gasteiger partial charge in [-0.15, -0.1) is 0 Å². The molecule has 2 rings (SSSR count). The quantitative estimate of drug-likeness (QED) is 0.808. The predicted octanol–water partition coefficient (Wildman–Crippen LogP) is 1.97. The molecule has 0 atom stereocenters. The molecule has 0 saturated carbocycles. The van der Waals surface area contributed by atoms with E-state index in [0.717, 1.165) is 22.6 Å². The molecule has 2 aromatic heterocycles. The lowest BCUT2D eigenvalue weighted by Gasteiger charge is -2.13. The Labute approximate surface area is 127 Å². The van der Waals surface area contributed by atoms with Crippen molar-refractivity contribution in [3.8, 4) is 11.5 Å². The van der Waals surface area contributed by atoms with Crippen LogP contribution < -0.4 is 15.0 Å². The Hall–Kier alpha value is -2.08. The molecule has 0 bridgehead atoms. The average molecular weight is 310 g/mol. The SMILES string of the molecule is COc1c(C)cnc(Cn2cnc(Cl)c(OC)c2=O)c1C. The Bertz CT molecular complexity index is 728. The molecule has 0 saturated heterocycles. The van der Waals surface area contributed by atoms with Crippen molar-refractivity contribution in [1.82, 2.24) is 14.5 Å². The highest BCUT2D eigenvalue weighted by Gasteiger charge is 2.14. The van der Waals surface area contributed by atoms with Gasteiger partial charge in [-0.1, -0.05) is 11.6 Å². The molecule has 0 radical (unpaired) electrons. The normalized spacial score (nSPS) is 10.5. The fraction of sp³-hybridized carbons (Fsp3) is 0.357. The molecule has 2 heterocycles. The molecule has 0 aromatic carbocycles. The van der Waals surface area contributed by atoms with Crippen LogP contribution >= 0.6 is 11.6 Å². The second-order valence-corrected chi connectivity index (χ2v) is 4.91. The zero-order valence-electron chi connectivity index (χ0n) is 12.3. The minimum atomic E-state index is -0.349. The summed E-state index contributed by atoms with van der Waals surface area (Å²) >= 11 is 5.82. The highest BCUT2D eigenvalue weighted by Crippen LogP contribution is 2.24. The van der Waals surface area contributed by atoms with E-state index in [-0.39, 0.29) is 23.0 Å². The van der Waals surface area contributed by atoms with E-state index in [1.54, 1.807) is 13.3 Å². The molecular formula is C14H16ClN3O3. The van der Waals surface area contributed by atoms with Crippen molar-refractivity contribution in [2.75, 3.05) is 14.2 Å². The van der Waals surface area contributed by atoms with Crippen LogP contribution in [0, 0.1) is 13.8 Å². The number of methoxy groups -OCH3 is 2. The Morgan fingerprint density at radius 1 is 1.19 bits per heavy atom. The van der Waals surface area contributed by atoms with Gasteiger partial charge in [0.1, 0.15) is 5.75 Å². The first-order chi connectivity index (χ1) is 9.99. The molecule has 21 heavy (non-hydrogen) atoms. The summed E-state index contributed by atoms with van der Waals surface area (Å²) < 4.78 is 11.7. The van der Waals surface area contributed by atoms with Crippen LogP contribution in [0.25, 0.3) is 0 Å². The standard InChI is InChI=1S/C14H16ClN3O3/c1-8-5-16-10(9(2)11(8)20-3)6-18-7-17-13(15)12(21-4)14(18)19/h5,7H,6H2,1-4H3. The highest BCUT2D eigenvalue weighted by atomic mass is 35.5. The molecule has 0 amide bonds. The molecule has 0 spiro atoms. The summed E-state index contributed by atoms with van der Waals surface area (Å²) in [5.74, 6) is 0.790. The molecular weight excluding hydrogens is 294 g/mol. The molecule has 7 heteroatoms. The van der Waals surface area contributed by atoms with Crippen molar-refractivity contribution >= 4 is 11.6 Å². The third-order valence-corrected chi connectivity index (χ3v) is 3.50. The van der Waals surface area contributed by atoms with Gasteiger partial charge in [-0.05, 0) is 13.8 Å². The van der Waals surface area contributed by atoms with E-state index in [1.807, 2.05) is 13.8 Å². The molecule has 0 fully saturated rings. The maximum absolute atomic E-state index is 12.2. The summed E-state index contributed by atoms with van der Waals surface area (Å²) in [4.78, 5) is 20.5. The summed E-state index contributed by atoms with van der Waals surface area (Å²) in [7, 11) is 2.99. The Balaban J connectivity index is 2.47. The molecule has 0 N–H and O–H groups in total. The molecule has 0 aliphatic carbocycles. The van der Waals surface area contributed by atoms with Crippen LogP contribution in [-0.2, 0) is 6.54 Å². The van der Waals surface area contributed by atoms with Crippen LogP contribution in [-0.4, -0.2) is 28.8 Å². The van der Waals surface area contributed by atoms with Gasteiger partial charge in [0.25, 0.3) is 5.56 Å². The first kappa shape index (κ1) is 15.3. The van der Waals surface area contributed by atoms with Crippen molar-refractivity contribution < 1.29 is 9.47 Å². The fourth-order valence-electron chi connectivity index (χ4n) is 2.13. The molecule has 6 nitrogen and oxygen atoms in total. The minimum absolute atomic E-state index is 0.0240. The van der Waals surface area contributed by atoms with Gasteiger partial charge < -0.3 is 9.47 Å². The summed E-state index contributed by atoms with van der Waals surface area (Å²) in [5.41, 5.74) is 2.21. The van der Waals surface area contributed by atoms with E-state index in [2.05, 4.69) is 9.97 Å². The Morgan fingerprint density at radius 3 is 2.48 bits per heavy atom. The predicted molar refractivity (Wildman–Crippen MR) is 79.4 cm³/mol. The first-order valence-electron chi connectivity index (χ1n) is 6.27. The van der Waals surface area contributed by atoms with E-state index in [1.165, 1.54) is 18.0 Å². The Morgan fingerprint density at radius 2 is 1.86 bits per heavy atom. The summed E-state index contributed by atoms with van der Waals surface area (Å²) in [6, 6.07) is 0. The van der Waals surface area contributed by atoms with Crippen LogP contribution in [0.1, 0.15) is 16.8 Å². The maximum atomic E-state index is 12.2. The van der Waals surface area contributed by atoms with Crippen molar-refractivity contribution in [1.29, 1.82) is 0 Å². The second-order valence-electron chi connectivity index (χ2n) is 4.55. The van der Waals surface area contributed by atoms with Gasteiger partial charge in [0.05, 0.1) is 32.8 Å². The molecule has 0 aliphatic heterocycles. The zero-order valence-corrected chi connectivity index (χ0v) is 13.1. The zero-order chi connectivity index (χ0) is 15.6. The fourth-order valence-corrected chi connectivity index (χ4v) is 2.33. The third-order valence-electron chi connectivity index (χ3n) is 3.23. The smallest absolute Gasteiger partial charge is 0.297 e. The minimum Gasteiger partial charge on any atom is -0.496 e. The number of ether oxygens (including phenoxy) is 2. The van der Waals surface area contributed by atoms with E-state index >= 15 is 0 Å². The largest absolute Gasteiger partial charge is 0.496 e. The lowest BCUT2D eigenvalue weighted by Crippen LogP contribution is -2.23. The van der Waals surface area contributed by atoms with Gasteiger partial charge >= 0.3 is 0 Å². The van der Waals surface area contributed by atoms with Crippen molar-refractivity contribution in [3.05, 3.63) is 44.9 Å². The number of aryl methyl sites for hydroxylation is 1. The first-order valence-corrected chi connectivity index (χ1v) is 6.65. The topological polar surface area (TPSA) is 66.2 Å². The monoisotopic (exact) mass is 309 g/mol. The number of aromatic nitrogens is 3. The van der Waals surface area contributed by atoms with Gasteiger partial charge in [-0.2, -0.15) is 0 Å². The van der Waals surface area contributed by atoms with Crippen LogP contribution in [0.5, 0.6) is 11.5 Å². The average Bonchev–Trinajstić information content (AvgIpc) is 2.45. The number of hydrogen-bond acceptors (Lipinski definition) is 5. The van der Waals surface area contributed by atoms with Crippen LogP contribution in [0.4, 0.5) is 0 Å². The maximum Gasteiger partial charge on any atom is 0.297 e. The van der Waals surface area contributed by atoms with Crippen molar-refractivity contribution in [3.63, 3.8) is 0 Å².